The molecule has 0 nitrogen and oxygen atoms in total. The van der Waals surface area contributed by atoms with E-state index >= 15 is 0 Å². The van der Waals surface area contributed by atoms with E-state index in [1.54, 1.807) is 11.1 Å². The molecule has 26 heavy (non-hydrogen) atoms. The van der Waals surface area contributed by atoms with Gasteiger partial charge in [0.25, 0.3) is 0 Å². The quantitative estimate of drug-likeness (QED) is 0.344. The van der Waals surface area contributed by atoms with Crippen molar-refractivity contribution in [3.05, 3.63) is 46.2 Å². The first-order chi connectivity index (χ1) is 12.2. The third kappa shape index (κ3) is 3.05. The number of hydrogen-bond donors (Lipinski definition) is 0. The Kier molecular flexibility index (Phi) is 5.59. The largest absolute Gasteiger partial charge is 0.0826 e. The van der Waals surface area contributed by atoms with Gasteiger partial charge in [-0.3, -0.25) is 0 Å². The summed E-state index contributed by atoms with van der Waals surface area (Å²) in [5.41, 5.74) is 6.00. The van der Waals surface area contributed by atoms with E-state index in [1.807, 2.05) is 10.8 Å². The Morgan fingerprint density at radius 2 is 1.81 bits per heavy atom. The van der Waals surface area contributed by atoms with E-state index in [2.05, 4.69) is 78.9 Å². The molecule has 0 saturated heterocycles. The molecule has 1 heteroatoms. The molecule has 3 aliphatic rings. The summed E-state index contributed by atoms with van der Waals surface area (Å²) in [7, 11) is -1.52. The fourth-order valence-corrected chi connectivity index (χ4v) is 9.76. The zero-order chi connectivity index (χ0) is 19.2. The third-order valence-electron chi connectivity index (χ3n) is 8.58. The van der Waals surface area contributed by atoms with Crippen molar-refractivity contribution in [3.63, 3.8) is 0 Å². The van der Waals surface area contributed by atoms with Crippen molar-refractivity contribution in [2.75, 3.05) is 0 Å². The average molecular weight is 369 g/mol. The molecular formula is C25H40Si. The van der Waals surface area contributed by atoms with E-state index < -0.39 is 8.07 Å². The molecule has 0 heterocycles. The maximum Gasteiger partial charge on any atom is 0.0826 e. The summed E-state index contributed by atoms with van der Waals surface area (Å²) in [5, 5.41) is 1.88. The number of fused-ring (bicyclic) bond motifs is 1. The molecule has 0 radical (unpaired) electrons. The van der Waals surface area contributed by atoms with Crippen LogP contribution in [0.15, 0.2) is 46.2 Å². The lowest BCUT2D eigenvalue weighted by atomic mass is 9.86. The summed E-state index contributed by atoms with van der Waals surface area (Å²) in [6.07, 6.45) is 13.6. The molecule has 0 aromatic rings. The Balaban J connectivity index is 1.97. The van der Waals surface area contributed by atoms with Gasteiger partial charge in [0.1, 0.15) is 0 Å². The predicted octanol–water partition coefficient (Wildman–Crippen LogP) is 7.72. The summed E-state index contributed by atoms with van der Waals surface area (Å²) in [4.78, 5) is 0. The van der Waals surface area contributed by atoms with Gasteiger partial charge in [0.2, 0.25) is 0 Å². The Labute approximate surface area is 163 Å². The Hall–Kier alpha value is -0.823. The van der Waals surface area contributed by atoms with Crippen molar-refractivity contribution in [2.45, 2.75) is 79.4 Å². The SMILES string of the molecule is CCCC1CC([Si](C)(C)C(C)C2=C(C)C(C)C(C)C2C)=C2C=CC=CC21. The van der Waals surface area contributed by atoms with Crippen LogP contribution in [0.1, 0.15) is 60.8 Å². The van der Waals surface area contributed by atoms with Crippen molar-refractivity contribution in [1.82, 2.24) is 0 Å². The molecule has 144 valence electrons. The Morgan fingerprint density at radius 1 is 1.12 bits per heavy atom. The summed E-state index contributed by atoms with van der Waals surface area (Å²) >= 11 is 0. The summed E-state index contributed by atoms with van der Waals surface area (Å²) in [6.45, 7) is 20.1. The van der Waals surface area contributed by atoms with Crippen LogP contribution in [-0.2, 0) is 0 Å². The Bertz CT molecular complexity index is 672. The lowest BCUT2D eigenvalue weighted by molar-refractivity contribution is 0.387. The fourth-order valence-electron chi connectivity index (χ4n) is 6.18. The molecule has 0 amide bonds. The minimum absolute atomic E-state index is 0.697. The van der Waals surface area contributed by atoms with Gasteiger partial charge in [-0.15, -0.1) is 0 Å². The van der Waals surface area contributed by atoms with Crippen molar-refractivity contribution in [2.24, 2.45) is 29.6 Å². The highest BCUT2D eigenvalue weighted by Crippen LogP contribution is 2.54. The van der Waals surface area contributed by atoms with Crippen molar-refractivity contribution < 1.29 is 0 Å². The smallest absolute Gasteiger partial charge is 0.0767 e. The standard InChI is InChI=1S/C25H40Si/c1-9-12-21-15-24(23-14-11-10-13-22(21)23)26(7,8)20(6)25-18(4)16(2)17(3)19(25)5/h10-11,13-14,16-18,20-22H,9,12,15H2,1-8H3. The molecule has 0 fully saturated rings. The van der Waals surface area contributed by atoms with Crippen LogP contribution in [0.4, 0.5) is 0 Å². The van der Waals surface area contributed by atoms with E-state index in [-0.39, 0.29) is 0 Å². The van der Waals surface area contributed by atoms with Crippen LogP contribution in [0.2, 0.25) is 18.6 Å². The molecule has 3 rings (SSSR count). The van der Waals surface area contributed by atoms with Crippen LogP contribution < -0.4 is 0 Å². The first-order valence-electron chi connectivity index (χ1n) is 11.0. The van der Waals surface area contributed by atoms with Crippen LogP contribution in [0.5, 0.6) is 0 Å². The summed E-state index contributed by atoms with van der Waals surface area (Å²) < 4.78 is 0. The van der Waals surface area contributed by atoms with Gasteiger partial charge in [0.05, 0.1) is 8.07 Å². The molecular weight excluding hydrogens is 328 g/mol. The van der Waals surface area contributed by atoms with Gasteiger partial charge in [-0.1, -0.05) is 94.8 Å². The molecule has 0 spiro atoms. The molecule has 0 N–H and O–H groups in total. The second-order valence-corrected chi connectivity index (χ2v) is 14.9. The van der Waals surface area contributed by atoms with E-state index in [9.17, 15) is 0 Å². The highest BCUT2D eigenvalue weighted by molar-refractivity contribution is 6.86. The summed E-state index contributed by atoms with van der Waals surface area (Å²) in [6, 6.07) is 0. The lowest BCUT2D eigenvalue weighted by Gasteiger charge is -2.36. The van der Waals surface area contributed by atoms with Gasteiger partial charge in [-0.05, 0) is 54.6 Å². The number of allylic oxidation sites excluding steroid dienone is 8. The van der Waals surface area contributed by atoms with Crippen LogP contribution in [-0.4, -0.2) is 8.07 Å². The van der Waals surface area contributed by atoms with Crippen LogP contribution >= 0.6 is 0 Å². The van der Waals surface area contributed by atoms with E-state index in [1.165, 1.54) is 19.3 Å². The maximum atomic E-state index is 2.66. The molecule has 0 aliphatic heterocycles. The van der Waals surface area contributed by atoms with Gasteiger partial charge >= 0.3 is 0 Å². The summed E-state index contributed by atoms with van der Waals surface area (Å²) in [5.74, 6) is 3.85. The molecule has 6 atom stereocenters. The van der Waals surface area contributed by atoms with Gasteiger partial charge in [0.15, 0.2) is 0 Å². The number of hydrogen-bond acceptors (Lipinski definition) is 0. The zero-order valence-corrected chi connectivity index (χ0v) is 19.4. The average Bonchev–Trinajstić information content (AvgIpc) is 3.08. The van der Waals surface area contributed by atoms with E-state index in [0.717, 1.165) is 29.2 Å². The predicted molar refractivity (Wildman–Crippen MR) is 119 cm³/mol. The van der Waals surface area contributed by atoms with Crippen LogP contribution in [0.3, 0.4) is 0 Å². The Morgan fingerprint density at radius 3 is 2.38 bits per heavy atom. The van der Waals surface area contributed by atoms with Gasteiger partial charge in [-0.25, -0.2) is 0 Å². The number of rotatable bonds is 5. The highest BCUT2D eigenvalue weighted by Gasteiger charge is 2.46. The van der Waals surface area contributed by atoms with Crippen molar-refractivity contribution in [1.29, 1.82) is 0 Å². The molecule has 6 unspecified atom stereocenters. The van der Waals surface area contributed by atoms with Crippen molar-refractivity contribution >= 4 is 8.07 Å². The third-order valence-corrected chi connectivity index (χ3v) is 13.1. The monoisotopic (exact) mass is 368 g/mol. The van der Waals surface area contributed by atoms with Gasteiger partial charge < -0.3 is 0 Å². The van der Waals surface area contributed by atoms with E-state index in [0.29, 0.717) is 5.92 Å². The topological polar surface area (TPSA) is 0 Å². The molecule has 0 saturated carbocycles. The minimum Gasteiger partial charge on any atom is -0.0767 e. The zero-order valence-electron chi connectivity index (χ0n) is 18.4. The second kappa shape index (κ2) is 7.30. The molecule has 0 aromatic carbocycles. The van der Waals surface area contributed by atoms with E-state index in [4.69, 9.17) is 0 Å². The van der Waals surface area contributed by atoms with Gasteiger partial charge in [0, 0.05) is 5.92 Å². The van der Waals surface area contributed by atoms with Gasteiger partial charge in [-0.2, -0.15) is 0 Å². The highest BCUT2D eigenvalue weighted by atomic mass is 28.3. The van der Waals surface area contributed by atoms with Crippen LogP contribution in [0, 0.1) is 29.6 Å². The first-order valence-corrected chi connectivity index (χ1v) is 14.1. The fraction of sp³-hybridized carbons (Fsp3) is 0.680. The molecule has 3 aliphatic carbocycles. The second-order valence-electron chi connectivity index (χ2n) is 9.97. The maximum absolute atomic E-state index is 2.66. The minimum atomic E-state index is -1.52. The van der Waals surface area contributed by atoms with Crippen molar-refractivity contribution in [3.8, 4) is 0 Å². The lowest BCUT2D eigenvalue weighted by Crippen LogP contribution is -2.36. The molecule has 0 bridgehead atoms. The van der Waals surface area contributed by atoms with Crippen LogP contribution in [0.25, 0.3) is 0 Å². The molecule has 0 aromatic heterocycles. The first kappa shape index (κ1) is 19.9. The normalized spacial score (nSPS) is 35.5.